The Hall–Kier alpha value is -2.55. The average Bonchev–Trinajstić information content (AvgIpc) is 2.90. The summed E-state index contributed by atoms with van der Waals surface area (Å²) in [6.07, 6.45) is 5.61. The second-order valence-electron chi connectivity index (χ2n) is 7.37. The molecule has 1 aliphatic rings. The highest BCUT2D eigenvalue weighted by Gasteiger charge is 2.17. The fraction of sp³-hybridized carbons (Fsp3) is 0.318. The Morgan fingerprint density at radius 1 is 1.12 bits per heavy atom. The van der Waals surface area contributed by atoms with E-state index in [2.05, 4.69) is 59.9 Å². The molecule has 0 aromatic heterocycles. The Kier molecular flexibility index (Phi) is 4.93. The van der Waals surface area contributed by atoms with Gasteiger partial charge < -0.3 is 10.1 Å². The summed E-state index contributed by atoms with van der Waals surface area (Å²) in [5.41, 5.74) is 6.23. The Morgan fingerprint density at radius 2 is 1.88 bits per heavy atom. The van der Waals surface area contributed by atoms with Crippen LogP contribution in [0.5, 0.6) is 0 Å². The number of carbonyl (C=O) groups excluding carboxylic acids is 1. The summed E-state index contributed by atoms with van der Waals surface area (Å²) in [5.74, 6) is 0. The summed E-state index contributed by atoms with van der Waals surface area (Å²) in [4.78, 5) is 11.6. The number of amides is 1. The van der Waals surface area contributed by atoms with Crippen LogP contribution in [0.3, 0.4) is 0 Å². The van der Waals surface area contributed by atoms with Crippen molar-refractivity contribution in [1.82, 2.24) is 5.32 Å². The number of hydrogen-bond acceptors (Lipinski definition) is 2. The SMILES string of the molecule is CC(C)(C)OC(=O)NCCC=Cc1ccc2c(c1)Cc1ccccc1-2. The summed E-state index contributed by atoms with van der Waals surface area (Å²) in [5, 5.41) is 2.77. The molecule has 2 aromatic carbocycles. The van der Waals surface area contributed by atoms with E-state index >= 15 is 0 Å². The van der Waals surface area contributed by atoms with E-state index in [0.717, 1.165) is 12.8 Å². The number of carbonyl (C=O) groups is 1. The van der Waals surface area contributed by atoms with Crippen molar-refractivity contribution < 1.29 is 9.53 Å². The van der Waals surface area contributed by atoms with Gasteiger partial charge in [-0.2, -0.15) is 0 Å². The van der Waals surface area contributed by atoms with Gasteiger partial charge in [-0.25, -0.2) is 4.79 Å². The molecule has 0 aliphatic heterocycles. The highest BCUT2D eigenvalue weighted by molar-refractivity contribution is 5.78. The van der Waals surface area contributed by atoms with E-state index < -0.39 is 5.60 Å². The second kappa shape index (κ2) is 7.14. The second-order valence-corrected chi connectivity index (χ2v) is 7.37. The van der Waals surface area contributed by atoms with Crippen LogP contribution in [0, 0.1) is 0 Å². The molecule has 0 fully saturated rings. The molecule has 25 heavy (non-hydrogen) atoms. The highest BCUT2D eigenvalue weighted by atomic mass is 16.6. The number of hydrogen-bond donors (Lipinski definition) is 1. The number of rotatable bonds is 4. The van der Waals surface area contributed by atoms with Gasteiger partial charge in [-0.3, -0.25) is 0 Å². The summed E-state index contributed by atoms with van der Waals surface area (Å²) >= 11 is 0. The largest absolute Gasteiger partial charge is 0.444 e. The van der Waals surface area contributed by atoms with E-state index in [9.17, 15) is 4.79 Å². The van der Waals surface area contributed by atoms with Gasteiger partial charge in [0, 0.05) is 6.54 Å². The van der Waals surface area contributed by atoms with Gasteiger partial charge in [0.05, 0.1) is 0 Å². The molecule has 3 rings (SSSR count). The molecule has 1 amide bonds. The van der Waals surface area contributed by atoms with Crippen LogP contribution in [-0.4, -0.2) is 18.2 Å². The van der Waals surface area contributed by atoms with Gasteiger partial charge in [0.1, 0.15) is 5.60 Å². The molecule has 2 aromatic rings. The molecule has 0 atom stereocenters. The first-order valence-corrected chi connectivity index (χ1v) is 8.77. The molecule has 0 radical (unpaired) electrons. The maximum atomic E-state index is 11.6. The van der Waals surface area contributed by atoms with Crippen molar-refractivity contribution in [2.75, 3.05) is 6.54 Å². The van der Waals surface area contributed by atoms with Gasteiger partial charge in [-0.05, 0) is 61.4 Å². The van der Waals surface area contributed by atoms with E-state index in [1.54, 1.807) is 0 Å². The van der Waals surface area contributed by atoms with Gasteiger partial charge in [0.15, 0.2) is 0 Å². The smallest absolute Gasteiger partial charge is 0.407 e. The molecular formula is C22H25NO2. The van der Waals surface area contributed by atoms with E-state index in [0.29, 0.717) is 6.54 Å². The van der Waals surface area contributed by atoms with Crippen LogP contribution in [0.15, 0.2) is 48.5 Å². The molecule has 3 nitrogen and oxygen atoms in total. The number of nitrogens with one attached hydrogen (secondary N) is 1. The molecule has 0 saturated heterocycles. The quantitative estimate of drug-likeness (QED) is 0.667. The van der Waals surface area contributed by atoms with E-state index in [-0.39, 0.29) is 6.09 Å². The zero-order valence-corrected chi connectivity index (χ0v) is 15.1. The van der Waals surface area contributed by atoms with Gasteiger partial charge >= 0.3 is 6.09 Å². The zero-order valence-electron chi connectivity index (χ0n) is 15.1. The lowest BCUT2D eigenvalue weighted by atomic mass is 10.0. The van der Waals surface area contributed by atoms with Gasteiger partial charge in [-0.1, -0.05) is 54.6 Å². The van der Waals surface area contributed by atoms with Crippen LogP contribution in [0.4, 0.5) is 4.79 Å². The monoisotopic (exact) mass is 335 g/mol. The minimum Gasteiger partial charge on any atom is -0.444 e. The van der Waals surface area contributed by atoms with E-state index in [4.69, 9.17) is 4.74 Å². The maximum Gasteiger partial charge on any atom is 0.407 e. The summed E-state index contributed by atoms with van der Waals surface area (Å²) in [6.45, 7) is 6.15. The zero-order chi connectivity index (χ0) is 17.9. The molecule has 0 saturated carbocycles. The number of ether oxygens (including phenoxy) is 1. The van der Waals surface area contributed by atoms with Crippen molar-refractivity contribution in [3.05, 3.63) is 65.2 Å². The lowest BCUT2D eigenvalue weighted by molar-refractivity contribution is 0.0529. The fourth-order valence-electron chi connectivity index (χ4n) is 3.06. The average molecular weight is 335 g/mol. The third-order valence-corrected chi connectivity index (χ3v) is 4.11. The first kappa shape index (κ1) is 17.3. The molecule has 130 valence electrons. The van der Waals surface area contributed by atoms with Crippen LogP contribution in [0.1, 0.15) is 43.9 Å². The molecule has 3 heteroatoms. The first-order valence-electron chi connectivity index (χ1n) is 8.77. The number of fused-ring (bicyclic) bond motifs is 3. The van der Waals surface area contributed by atoms with Gasteiger partial charge in [-0.15, -0.1) is 0 Å². The normalized spacial score (nSPS) is 12.8. The summed E-state index contributed by atoms with van der Waals surface area (Å²) in [7, 11) is 0. The van der Waals surface area contributed by atoms with Crippen molar-refractivity contribution in [2.45, 2.75) is 39.2 Å². The molecule has 0 spiro atoms. The summed E-state index contributed by atoms with van der Waals surface area (Å²) < 4.78 is 5.21. The van der Waals surface area contributed by atoms with E-state index in [1.807, 2.05) is 20.8 Å². The molecular weight excluding hydrogens is 310 g/mol. The van der Waals surface area contributed by atoms with Crippen molar-refractivity contribution in [2.24, 2.45) is 0 Å². The van der Waals surface area contributed by atoms with Crippen molar-refractivity contribution in [3.63, 3.8) is 0 Å². The van der Waals surface area contributed by atoms with Gasteiger partial charge in [0.25, 0.3) is 0 Å². The van der Waals surface area contributed by atoms with Crippen LogP contribution in [0.25, 0.3) is 17.2 Å². The lowest BCUT2D eigenvalue weighted by Gasteiger charge is -2.19. The standard InChI is InChI=1S/C22H25NO2/c1-22(2,3)25-21(24)23-13-7-6-8-16-11-12-20-18(14-16)15-17-9-4-5-10-19(17)20/h4-6,8-12,14H,7,13,15H2,1-3H3,(H,23,24). The Bertz CT molecular complexity index is 800. The van der Waals surface area contributed by atoms with Crippen molar-refractivity contribution in [1.29, 1.82) is 0 Å². The molecule has 0 unspecified atom stereocenters. The number of alkyl carbamates (subject to hydrolysis) is 1. The lowest BCUT2D eigenvalue weighted by Crippen LogP contribution is -2.32. The predicted molar refractivity (Wildman–Crippen MR) is 103 cm³/mol. The van der Waals surface area contributed by atoms with Crippen molar-refractivity contribution in [3.8, 4) is 11.1 Å². The third kappa shape index (κ3) is 4.50. The van der Waals surface area contributed by atoms with E-state index in [1.165, 1.54) is 27.8 Å². The van der Waals surface area contributed by atoms with Crippen LogP contribution in [-0.2, 0) is 11.2 Å². The Labute approximate surface area is 149 Å². The van der Waals surface area contributed by atoms with Crippen molar-refractivity contribution >= 4 is 12.2 Å². The highest BCUT2D eigenvalue weighted by Crippen LogP contribution is 2.36. The minimum atomic E-state index is -0.456. The number of benzene rings is 2. The predicted octanol–water partition coefficient (Wildman–Crippen LogP) is 5.19. The molecule has 1 N–H and O–H groups in total. The van der Waals surface area contributed by atoms with Gasteiger partial charge in [0.2, 0.25) is 0 Å². The van der Waals surface area contributed by atoms with Crippen LogP contribution < -0.4 is 5.32 Å². The molecule has 0 heterocycles. The molecule has 0 bridgehead atoms. The van der Waals surface area contributed by atoms with Crippen LogP contribution in [0.2, 0.25) is 0 Å². The Balaban J connectivity index is 1.52. The van der Waals surface area contributed by atoms with Crippen LogP contribution >= 0.6 is 0 Å². The summed E-state index contributed by atoms with van der Waals surface area (Å²) in [6, 6.07) is 15.2. The first-order chi connectivity index (χ1) is 11.9. The maximum absolute atomic E-state index is 11.6. The fourth-order valence-corrected chi connectivity index (χ4v) is 3.06. The molecule has 1 aliphatic carbocycles. The minimum absolute atomic E-state index is 0.365. The third-order valence-electron chi connectivity index (χ3n) is 4.11. The topological polar surface area (TPSA) is 38.3 Å². The Morgan fingerprint density at radius 3 is 2.68 bits per heavy atom.